The average Bonchev–Trinajstić information content (AvgIpc) is 2.91. The van der Waals surface area contributed by atoms with Gasteiger partial charge in [-0.2, -0.15) is 0 Å². The Labute approximate surface area is 125 Å². The van der Waals surface area contributed by atoms with Crippen LogP contribution in [0.15, 0.2) is 48.5 Å². The van der Waals surface area contributed by atoms with Gasteiger partial charge in [-0.3, -0.25) is 0 Å². The van der Waals surface area contributed by atoms with Gasteiger partial charge in [0.25, 0.3) is 0 Å². The lowest BCUT2D eigenvalue weighted by Gasteiger charge is -2.15. The van der Waals surface area contributed by atoms with Crippen LogP contribution in [-0.2, 0) is 12.8 Å². The van der Waals surface area contributed by atoms with Crippen LogP contribution in [0.5, 0.6) is 0 Å². The number of urea groups is 1. The molecule has 108 valence electrons. The minimum atomic E-state index is -0.138. The highest BCUT2D eigenvalue weighted by molar-refractivity contribution is 5.89. The van der Waals surface area contributed by atoms with E-state index >= 15 is 0 Å². The first-order valence-corrected chi connectivity index (χ1v) is 7.50. The fraction of sp³-hybridized carbons (Fsp3) is 0.278. The van der Waals surface area contributed by atoms with E-state index in [1.165, 1.54) is 16.7 Å². The Kier molecular flexibility index (Phi) is 3.91. The zero-order chi connectivity index (χ0) is 14.7. The number of nitrogens with one attached hydrogen (secondary N) is 2. The molecule has 0 fully saturated rings. The van der Waals surface area contributed by atoms with E-state index in [4.69, 9.17) is 0 Å². The van der Waals surface area contributed by atoms with Crippen LogP contribution in [0.25, 0.3) is 0 Å². The van der Waals surface area contributed by atoms with Crippen molar-refractivity contribution in [2.75, 3.05) is 5.32 Å². The van der Waals surface area contributed by atoms with Gasteiger partial charge >= 0.3 is 6.03 Å². The smallest absolute Gasteiger partial charge is 0.319 e. The molecular formula is C18H20N2O. The highest BCUT2D eigenvalue weighted by Crippen LogP contribution is 2.30. The molecule has 2 N–H and O–H groups in total. The van der Waals surface area contributed by atoms with E-state index in [0.29, 0.717) is 0 Å². The van der Waals surface area contributed by atoms with Crippen LogP contribution in [-0.4, -0.2) is 6.03 Å². The molecule has 3 heteroatoms. The van der Waals surface area contributed by atoms with Crippen LogP contribution in [0.1, 0.15) is 36.1 Å². The van der Waals surface area contributed by atoms with E-state index < -0.39 is 0 Å². The predicted octanol–water partition coefficient (Wildman–Crippen LogP) is 4.06. The summed E-state index contributed by atoms with van der Waals surface area (Å²) in [5.74, 6) is 0. The molecule has 0 radical (unpaired) electrons. The summed E-state index contributed by atoms with van der Waals surface area (Å²) in [4.78, 5) is 12.1. The van der Waals surface area contributed by atoms with Gasteiger partial charge in [0.1, 0.15) is 0 Å². The summed E-state index contributed by atoms with van der Waals surface area (Å²) in [5.41, 5.74) is 4.69. The fourth-order valence-corrected chi connectivity index (χ4v) is 2.86. The number of amides is 2. The van der Waals surface area contributed by atoms with Crippen molar-refractivity contribution in [3.63, 3.8) is 0 Å². The molecule has 2 aromatic rings. The first-order chi connectivity index (χ1) is 10.3. The van der Waals surface area contributed by atoms with Gasteiger partial charge < -0.3 is 10.6 Å². The Bertz CT molecular complexity index is 634. The summed E-state index contributed by atoms with van der Waals surface area (Å²) in [5, 5.41) is 5.96. The van der Waals surface area contributed by atoms with Gasteiger partial charge in [-0.15, -0.1) is 0 Å². The molecule has 0 unspecified atom stereocenters. The number of hydrogen-bond donors (Lipinski definition) is 2. The maximum absolute atomic E-state index is 12.1. The lowest BCUT2D eigenvalue weighted by Crippen LogP contribution is -2.31. The molecule has 1 aliphatic carbocycles. The molecular weight excluding hydrogens is 260 g/mol. The maximum atomic E-state index is 12.1. The van der Waals surface area contributed by atoms with Crippen LogP contribution in [0.4, 0.5) is 10.5 Å². The zero-order valence-corrected chi connectivity index (χ0v) is 12.2. The van der Waals surface area contributed by atoms with Crippen LogP contribution >= 0.6 is 0 Å². The van der Waals surface area contributed by atoms with E-state index in [1.54, 1.807) is 0 Å². The zero-order valence-electron chi connectivity index (χ0n) is 12.2. The second-order valence-electron chi connectivity index (χ2n) is 5.44. The van der Waals surface area contributed by atoms with Gasteiger partial charge in [0.2, 0.25) is 0 Å². The van der Waals surface area contributed by atoms with Crippen molar-refractivity contribution >= 4 is 11.7 Å². The molecule has 21 heavy (non-hydrogen) atoms. The number of fused-ring (bicyclic) bond motifs is 1. The van der Waals surface area contributed by atoms with E-state index in [1.807, 2.05) is 30.3 Å². The molecule has 0 aromatic heterocycles. The first kappa shape index (κ1) is 13.7. The quantitative estimate of drug-likeness (QED) is 0.874. The number of benzene rings is 2. The van der Waals surface area contributed by atoms with Crippen LogP contribution in [0.3, 0.4) is 0 Å². The van der Waals surface area contributed by atoms with Crippen molar-refractivity contribution in [1.29, 1.82) is 0 Å². The first-order valence-electron chi connectivity index (χ1n) is 7.50. The number of hydrogen-bond acceptors (Lipinski definition) is 1. The summed E-state index contributed by atoms with van der Waals surface area (Å²) in [6.45, 7) is 2.12. The minimum Gasteiger partial charge on any atom is -0.331 e. The maximum Gasteiger partial charge on any atom is 0.319 e. The Hall–Kier alpha value is -2.29. The largest absolute Gasteiger partial charge is 0.331 e. The summed E-state index contributed by atoms with van der Waals surface area (Å²) in [7, 11) is 0. The molecule has 0 aliphatic heterocycles. The summed E-state index contributed by atoms with van der Waals surface area (Å²) in [6.07, 6.45) is 3.01. The summed E-state index contributed by atoms with van der Waals surface area (Å²) >= 11 is 0. The van der Waals surface area contributed by atoms with Gasteiger partial charge in [-0.1, -0.05) is 43.3 Å². The second kappa shape index (κ2) is 6.00. The molecule has 0 saturated heterocycles. The SMILES string of the molecule is CCc1ccc(NC(=O)N[C@@H]2CCc3ccccc32)cc1. The van der Waals surface area contributed by atoms with Crippen LogP contribution in [0.2, 0.25) is 0 Å². The molecule has 2 aromatic carbocycles. The van der Waals surface area contributed by atoms with Crippen molar-refractivity contribution in [3.8, 4) is 0 Å². The minimum absolute atomic E-state index is 0.121. The molecule has 3 rings (SSSR count). The highest BCUT2D eigenvalue weighted by Gasteiger charge is 2.23. The molecule has 1 atom stereocenters. The van der Waals surface area contributed by atoms with E-state index in [9.17, 15) is 4.79 Å². The lowest BCUT2D eigenvalue weighted by molar-refractivity contribution is 0.248. The third kappa shape index (κ3) is 3.07. The van der Waals surface area contributed by atoms with Crippen molar-refractivity contribution < 1.29 is 4.79 Å². The van der Waals surface area contributed by atoms with E-state index in [0.717, 1.165) is 24.9 Å². The Morgan fingerprint density at radius 2 is 1.90 bits per heavy atom. The topological polar surface area (TPSA) is 41.1 Å². The molecule has 0 spiro atoms. The normalized spacial score (nSPS) is 16.3. The third-order valence-electron chi connectivity index (χ3n) is 4.06. The van der Waals surface area contributed by atoms with Crippen molar-refractivity contribution in [2.45, 2.75) is 32.2 Å². The monoisotopic (exact) mass is 280 g/mol. The fourth-order valence-electron chi connectivity index (χ4n) is 2.86. The van der Waals surface area contributed by atoms with Crippen molar-refractivity contribution in [2.24, 2.45) is 0 Å². The number of carbonyl (C=O) groups excluding carboxylic acids is 1. The van der Waals surface area contributed by atoms with Crippen LogP contribution in [0, 0.1) is 0 Å². The third-order valence-corrected chi connectivity index (χ3v) is 4.06. The van der Waals surface area contributed by atoms with Gasteiger partial charge in [0.05, 0.1) is 6.04 Å². The molecule has 3 nitrogen and oxygen atoms in total. The number of carbonyl (C=O) groups is 1. The highest BCUT2D eigenvalue weighted by atomic mass is 16.2. The Morgan fingerprint density at radius 1 is 1.14 bits per heavy atom. The molecule has 1 aliphatic rings. The predicted molar refractivity (Wildman–Crippen MR) is 85.5 cm³/mol. The Balaban J connectivity index is 1.62. The number of rotatable bonds is 3. The summed E-state index contributed by atoms with van der Waals surface area (Å²) < 4.78 is 0. The van der Waals surface area contributed by atoms with Crippen molar-refractivity contribution in [3.05, 3.63) is 65.2 Å². The van der Waals surface area contributed by atoms with Gasteiger partial charge in [-0.25, -0.2) is 4.79 Å². The number of anilines is 1. The van der Waals surface area contributed by atoms with Gasteiger partial charge in [0.15, 0.2) is 0 Å². The molecule has 0 bridgehead atoms. The number of aryl methyl sites for hydroxylation is 2. The molecule has 2 amide bonds. The summed E-state index contributed by atoms with van der Waals surface area (Å²) in [6, 6.07) is 16.3. The second-order valence-corrected chi connectivity index (χ2v) is 5.44. The standard InChI is InChI=1S/C18H20N2O/c1-2-13-7-10-15(11-8-13)19-18(21)20-17-12-9-14-5-3-4-6-16(14)17/h3-8,10-11,17H,2,9,12H2,1H3,(H2,19,20,21)/t17-/m1/s1. The molecule has 0 saturated carbocycles. The van der Waals surface area contributed by atoms with E-state index in [2.05, 4.69) is 35.8 Å². The average molecular weight is 280 g/mol. The van der Waals surface area contributed by atoms with Gasteiger partial charge in [0, 0.05) is 5.69 Å². The molecule has 0 heterocycles. The van der Waals surface area contributed by atoms with Crippen LogP contribution < -0.4 is 10.6 Å². The van der Waals surface area contributed by atoms with Crippen molar-refractivity contribution in [1.82, 2.24) is 5.32 Å². The lowest BCUT2D eigenvalue weighted by atomic mass is 10.1. The Morgan fingerprint density at radius 3 is 2.67 bits per heavy atom. The van der Waals surface area contributed by atoms with Gasteiger partial charge in [-0.05, 0) is 48.1 Å². The van der Waals surface area contributed by atoms with E-state index in [-0.39, 0.29) is 12.1 Å².